The van der Waals surface area contributed by atoms with Crippen LogP contribution < -0.4 is 0 Å². The monoisotopic (exact) mass is 400 g/mol. The summed E-state index contributed by atoms with van der Waals surface area (Å²) in [7, 11) is -1.59. The first kappa shape index (κ1) is 21.4. The lowest BCUT2D eigenvalue weighted by Gasteiger charge is -2.27. The van der Waals surface area contributed by atoms with Gasteiger partial charge in [-0.25, -0.2) is 13.2 Å². The summed E-state index contributed by atoms with van der Waals surface area (Å²) < 4.78 is 33.7. The van der Waals surface area contributed by atoms with Crippen LogP contribution in [0.2, 0.25) is 0 Å². The lowest BCUT2D eigenvalue weighted by Crippen LogP contribution is -2.42. The summed E-state index contributed by atoms with van der Waals surface area (Å²) in [5.74, 6) is -0.702. The number of sulfone groups is 1. The molecule has 0 saturated carbocycles. The van der Waals surface area contributed by atoms with Gasteiger partial charge in [0, 0.05) is 25.4 Å². The highest BCUT2D eigenvalue weighted by Gasteiger charge is 2.36. The van der Waals surface area contributed by atoms with E-state index < -0.39 is 15.8 Å². The molecule has 1 atom stereocenters. The number of aryl methyl sites for hydroxylation is 1. The van der Waals surface area contributed by atoms with Crippen LogP contribution >= 0.6 is 0 Å². The molecule has 1 aromatic heterocycles. The molecule has 0 aromatic carbocycles. The molecule has 152 valence electrons. The maximum absolute atomic E-state index is 13.1. The minimum absolute atomic E-state index is 0.0105. The van der Waals surface area contributed by atoms with E-state index in [1.807, 2.05) is 6.92 Å². The first-order chi connectivity index (χ1) is 12.7. The molecule has 1 aromatic rings. The number of methoxy groups -OCH3 is 1. The van der Waals surface area contributed by atoms with Crippen molar-refractivity contribution in [3.05, 3.63) is 22.5 Å². The smallest absolute Gasteiger partial charge is 0.340 e. The summed E-state index contributed by atoms with van der Waals surface area (Å²) in [6.07, 6.45) is 1.16. The molecule has 0 bridgehead atoms. The van der Waals surface area contributed by atoms with Crippen LogP contribution in [0.25, 0.3) is 0 Å². The fourth-order valence-corrected chi connectivity index (χ4v) is 5.15. The zero-order valence-electron chi connectivity index (χ0n) is 16.3. The maximum atomic E-state index is 13.1. The third kappa shape index (κ3) is 4.90. The van der Waals surface area contributed by atoms with E-state index in [4.69, 9.17) is 9.47 Å². The van der Waals surface area contributed by atoms with Crippen molar-refractivity contribution in [2.75, 3.05) is 38.4 Å². The molecule has 0 aliphatic carbocycles. The van der Waals surface area contributed by atoms with Crippen LogP contribution in [0.5, 0.6) is 0 Å². The van der Waals surface area contributed by atoms with Gasteiger partial charge in [-0.05, 0) is 32.3 Å². The predicted molar refractivity (Wildman–Crippen MR) is 101 cm³/mol. The second-order valence-corrected chi connectivity index (χ2v) is 9.04. The van der Waals surface area contributed by atoms with Gasteiger partial charge in [0.05, 0.1) is 23.7 Å². The van der Waals surface area contributed by atoms with E-state index in [2.05, 4.69) is 4.98 Å². The summed E-state index contributed by atoms with van der Waals surface area (Å²) in [6.45, 7) is 6.23. The summed E-state index contributed by atoms with van der Waals surface area (Å²) in [5.41, 5.74) is 1.71. The van der Waals surface area contributed by atoms with Gasteiger partial charge in [0.1, 0.15) is 12.3 Å². The third-order valence-electron chi connectivity index (χ3n) is 4.75. The van der Waals surface area contributed by atoms with Gasteiger partial charge in [0.15, 0.2) is 9.84 Å². The quantitative estimate of drug-likeness (QED) is 0.523. The van der Waals surface area contributed by atoms with E-state index in [9.17, 15) is 18.0 Å². The number of aromatic nitrogens is 1. The second-order valence-electron chi connectivity index (χ2n) is 6.81. The molecular formula is C18H28N2O6S. The fraction of sp³-hybridized carbons (Fsp3) is 0.667. The van der Waals surface area contributed by atoms with Crippen LogP contribution in [0.15, 0.2) is 0 Å². The molecule has 2 heterocycles. The number of nitrogens with one attached hydrogen (secondary N) is 1. The highest BCUT2D eigenvalue weighted by molar-refractivity contribution is 7.91. The summed E-state index contributed by atoms with van der Waals surface area (Å²) in [4.78, 5) is 30.1. The van der Waals surface area contributed by atoms with Gasteiger partial charge in [-0.3, -0.25) is 4.79 Å². The molecule has 0 spiro atoms. The van der Waals surface area contributed by atoms with Crippen molar-refractivity contribution in [3.63, 3.8) is 0 Å². The van der Waals surface area contributed by atoms with Crippen LogP contribution in [-0.2, 0) is 19.3 Å². The van der Waals surface area contributed by atoms with E-state index in [-0.39, 0.29) is 30.1 Å². The minimum atomic E-state index is -3.10. The zero-order chi connectivity index (χ0) is 20.2. The maximum Gasteiger partial charge on any atom is 0.340 e. The first-order valence-corrected chi connectivity index (χ1v) is 10.9. The Labute approximate surface area is 160 Å². The molecule has 1 N–H and O–H groups in total. The molecule has 1 amide bonds. The number of ether oxygens (including phenoxy) is 2. The SMILES string of the molecule is CCCN(C(=O)c1[nH]c(C)c(C(=O)OCCOC)c1C)C1CCS(=O)(=O)C1. The number of hydrogen-bond donors (Lipinski definition) is 1. The Balaban J connectivity index is 2.26. The number of hydrogen-bond acceptors (Lipinski definition) is 6. The summed E-state index contributed by atoms with van der Waals surface area (Å²) >= 11 is 0. The van der Waals surface area contributed by atoms with E-state index >= 15 is 0 Å². The van der Waals surface area contributed by atoms with E-state index in [1.54, 1.807) is 18.7 Å². The Bertz CT molecular complexity index is 799. The van der Waals surface area contributed by atoms with Crippen LogP contribution in [0, 0.1) is 13.8 Å². The van der Waals surface area contributed by atoms with Gasteiger partial charge >= 0.3 is 5.97 Å². The van der Waals surface area contributed by atoms with Gasteiger partial charge in [-0.15, -0.1) is 0 Å². The Morgan fingerprint density at radius 2 is 1.96 bits per heavy atom. The molecular weight excluding hydrogens is 372 g/mol. The van der Waals surface area contributed by atoms with E-state index in [0.717, 1.165) is 0 Å². The Morgan fingerprint density at radius 1 is 1.26 bits per heavy atom. The van der Waals surface area contributed by atoms with Crippen molar-refractivity contribution in [1.29, 1.82) is 0 Å². The molecule has 2 rings (SSSR count). The molecule has 1 aliphatic rings. The summed E-state index contributed by atoms with van der Waals surface area (Å²) in [6, 6.07) is -0.331. The standard InChI is InChI=1S/C18H28N2O6S/c1-5-7-20(14-6-10-27(23,24)11-14)17(21)16-12(2)15(13(3)19-16)18(22)26-9-8-25-4/h14,19H,5-11H2,1-4H3. The number of H-pyrrole nitrogens is 1. The molecule has 1 aliphatic heterocycles. The number of amides is 1. The number of nitrogens with zero attached hydrogens (tertiary/aromatic N) is 1. The summed E-state index contributed by atoms with van der Waals surface area (Å²) in [5, 5.41) is 0. The van der Waals surface area contributed by atoms with Gasteiger partial charge in [0.2, 0.25) is 0 Å². The number of aromatic amines is 1. The van der Waals surface area contributed by atoms with Crippen molar-refractivity contribution in [2.45, 2.75) is 39.7 Å². The van der Waals surface area contributed by atoms with Gasteiger partial charge in [0.25, 0.3) is 5.91 Å². The Kier molecular flexibility index (Phi) is 7.05. The van der Waals surface area contributed by atoms with Crippen LogP contribution in [0.3, 0.4) is 0 Å². The molecule has 0 radical (unpaired) electrons. The molecule has 1 unspecified atom stereocenters. The largest absolute Gasteiger partial charge is 0.460 e. The highest BCUT2D eigenvalue weighted by atomic mass is 32.2. The fourth-order valence-electron chi connectivity index (χ4n) is 3.42. The zero-order valence-corrected chi connectivity index (χ0v) is 17.1. The Morgan fingerprint density at radius 3 is 2.52 bits per heavy atom. The first-order valence-electron chi connectivity index (χ1n) is 9.08. The average molecular weight is 400 g/mol. The molecule has 1 fully saturated rings. The van der Waals surface area contributed by atoms with E-state index in [0.29, 0.717) is 48.5 Å². The van der Waals surface area contributed by atoms with Crippen molar-refractivity contribution in [2.24, 2.45) is 0 Å². The minimum Gasteiger partial charge on any atom is -0.460 e. The number of esters is 1. The average Bonchev–Trinajstić information content (AvgIpc) is 3.11. The van der Waals surface area contributed by atoms with Crippen molar-refractivity contribution in [1.82, 2.24) is 9.88 Å². The topological polar surface area (TPSA) is 106 Å². The van der Waals surface area contributed by atoms with Crippen LogP contribution in [0.4, 0.5) is 0 Å². The van der Waals surface area contributed by atoms with Gasteiger partial charge < -0.3 is 19.4 Å². The van der Waals surface area contributed by atoms with Gasteiger partial charge in [-0.2, -0.15) is 0 Å². The predicted octanol–water partition coefficient (Wildman–Crippen LogP) is 1.47. The molecule has 8 nitrogen and oxygen atoms in total. The van der Waals surface area contributed by atoms with Crippen molar-refractivity contribution >= 4 is 21.7 Å². The highest BCUT2D eigenvalue weighted by Crippen LogP contribution is 2.24. The third-order valence-corrected chi connectivity index (χ3v) is 6.50. The van der Waals surface area contributed by atoms with Crippen molar-refractivity contribution < 1.29 is 27.5 Å². The van der Waals surface area contributed by atoms with Gasteiger partial charge in [-0.1, -0.05) is 6.92 Å². The normalized spacial score (nSPS) is 18.4. The Hall–Kier alpha value is -1.87. The van der Waals surface area contributed by atoms with E-state index in [1.165, 1.54) is 7.11 Å². The molecule has 1 saturated heterocycles. The van der Waals surface area contributed by atoms with Crippen LogP contribution in [-0.4, -0.2) is 74.6 Å². The second kappa shape index (κ2) is 8.88. The number of carbonyl (C=O) groups is 2. The lowest BCUT2D eigenvalue weighted by atomic mass is 10.1. The number of rotatable bonds is 8. The molecule has 27 heavy (non-hydrogen) atoms. The van der Waals surface area contributed by atoms with Crippen LogP contribution in [0.1, 0.15) is 51.9 Å². The van der Waals surface area contributed by atoms with Crippen molar-refractivity contribution in [3.8, 4) is 0 Å². The number of carbonyl (C=O) groups excluding carboxylic acids is 2. The lowest BCUT2D eigenvalue weighted by molar-refractivity contribution is 0.0386. The molecule has 9 heteroatoms.